The van der Waals surface area contributed by atoms with Crippen LogP contribution in [0.1, 0.15) is 29.5 Å². The van der Waals surface area contributed by atoms with Gasteiger partial charge >= 0.3 is 0 Å². The maximum absolute atomic E-state index is 12.3. The molecule has 1 aliphatic carbocycles. The number of nitrogens with one attached hydrogen (secondary N) is 2. The topological polar surface area (TPSA) is 92.7 Å². The third-order valence-corrected chi connectivity index (χ3v) is 6.56. The van der Waals surface area contributed by atoms with Crippen molar-refractivity contribution >= 4 is 5.91 Å². The van der Waals surface area contributed by atoms with E-state index in [0.717, 1.165) is 18.4 Å². The van der Waals surface area contributed by atoms with Gasteiger partial charge in [-0.3, -0.25) is 9.78 Å². The highest BCUT2D eigenvalue weighted by molar-refractivity contribution is 5.76. The van der Waals surface area contributed by atoms with Crippen molar-refractivity contribution < 1.29 is 19.4 Å². The molecule has 5 rings (SSSR count). The van der Waals surface area contributed by atoms with E-state index in [1.807, 2.05) is 12.1 Å². The third-order valence-electron chi connectivity index (χ3n) is 6.56. The molecule has 2 fully saturated rings. The van der Waals surface area contributed by atoms with Gasteiger partial charge in [-0.2, -0.15) is 0 Å². The van der Waals surface area contributed by atoms with Crippen LogP contribution in [0.2, 0.25) is 0 Å². The van der Waals surface area contributed by atoms with Gasteiger partial charge in [-0.1, -0.05) is 30.3 Å². The second-order valence-corrected chi connectivity index (χ2v) is 8.79. The fourth-order valence-electron chi connectivity index (χ4n) is 4.98. The van der Waals surface area contributed by atoms with Crippen LogP contribution in [0.5, 0.6) is 0 Å². The minimum atomic E-state index is -0.676. The van der Waals surface area contributed by atoms with E-state index in [-0.39, 0.29) is 36.7 Å². The van der Waals surface area contributed by atoms with Crippen LogP contribution in [-0.2, 0) is 33.7 Å². The van der Waals surface area contributed by atoms with Crippen LogP contribution in [0, 0.1) is 0 Å². The summed E-state index contributed by atoms with van der Waals surface area (Å²) in [6.07, 6.45) is 4.68. The summed E-state index contributed by atoms with van der Waals surface area (Å²) in [7, 11) is 0. The normalized spacial score (nSPS) is 29.6. The lowest BCUT2D eigenvalue weighted by Gasteiger charge is -2.22. The minimum Gasteiger partial charge on any atom is -0.388 e. The Bertz CT molecular complexity index is 884. The molecule has 0 saturated carbocycles. The van der Waals surface area contributed by atoms with Gasteiger partial charge in [0.1, 0.15) is 12.2 Å². The second-order valence-electron chi connectivity index (χ2n) is 8.79. The highest BCUT2D eigenvalue weighted by Gasteiger charge is 2.50. The van der Waals surface area contributed by atoms with E-state index in [1.54, 1.807) is 12.4 Å². The maximum Gasteiger partial charge on any atom is 0.222 e. The molecule has 7 heteroatoms. The summed E-state index contributed by atoms with van der Waals surface area (Å²) < 4.78 is 12.1. The van der Waals surface area contributed by atoms with Gasteiger partial charge in [0.2, 0.25) is 5.91 Å². The fourth-order valence-corrected chi connectivity index (χ4v) is 4.98. The number of fused-ring (bicyclic) bond motifs is 2. The Morgan fingerprint density at radius 1 is 1.13 bits per heavy atom. The first-order chi connectivity index (χ1) is 15.2. The number of aromatic nitrogens is 1. The Balaban J connectivity index is 1.05. The van der Waals surface area contributed by atoms with Crippen LogP contribution >= 0.6 is 0 Å². The van der Waals surface area contributed by atoms with Gasteiger partial charge in [-0.05, 0) is 35.6 Å². The molecule has 2 aliphatic heterocycles. The van der Waals surface area contributed by atoms with E-state index in [1.165, 1.54) is 11.1 Å². The molecule has 7 nitrogen and oxygen atoms in total. The van der Waals surface area contributed by atoms with Crippen molar-refractivity contribution in [3.05, 3.63) is 65.5 Å². The first-order valence-electron chi connectivity index (χ1n) is 11.1. The molecule has 0 bridgehead atoms. The highest BCUT2D eigenvalue weighted by Crippen LogP contribution is 2.35. The minimum absolute atomic E-state index is 0.0673. The number of rotatable bonds is 7. The molecule has 0 radical (unpaired) electrons. The zero-order valence-corrected chi connectivity index (χ0v) is 17.4. The fraction of sp³-hybridized carbons (Fsp3) is 0.500. The van der Waals surface area contributed by atoms with E-state index < -0.39 is 6.10 Å². The van der Waals surface area contributed by atoms with Gasteiger partial charge in [0.05, 0.1) is 24.7 Å². The van der Waals surface area contributed by atoms with Gasteiger partial charge in [0, 0.05) is 37.9 Å². The number of hydrogen-bond acceptors (Lipinski definition) is 6. The molecule has 164 valence electrons. The van der Waals surface area contributed by atoms with Crippen LogP contribution in [0.25, 0.3) is 0 Å². The lowest BCUT2D eigenvalue weighted by Crippen LogP contribution is -2.42. The molecule has 5 unspecified atom stereocenters. The van der Waals surface area contributed by atoms with Gasteiger partial charge in [-0.25, -0.2) is 0 Å². The average molecular weight is 424 g/mol. The number of aliphatic hydroxyl groups excluding tert-OH is 1. The number of amides is 1. The molecule has 31 heavy (non-hydrogen) atoms. The highest BCUT2D eigenvalue weighted by atomic mass is 16.6. The first-order valence-corrected chi connectivity index (χ1v) is 11.1. The van der Waals surface area contributed by atoms with E-state index in [2.05, 4.69) is 39.9 Å². The summed E-state index contributed by atoms with van der Waals surface area (Å²) in [5.74, 6) is -0.0673. The molecule has 2 saturated heterocycles. The average Bonchev–Trinajstić information content (AvgIpc) is 3.45. The predicted octanol–water partition coefficient (Wildman–Crippen LogP) is 1.13. The van der Waals surface area contributed by atoms with Crippen molar-refractivity contribution in [2.24, 2.45) is 0 Å². The Kier molecular flexibility index (Phi) is 6.00. The molecule has 1 amide bonds. The molecule has 2 aromatic rings. The van der Waals surface area contributed by atoms with Gasteiger partial charge < -0.3 is 25.2 Å². The van der Waals surface area contributed by atoms with Crippen molar-refractivity contribution in [2.75, 3.05) is 6.54 Å². The smallest absolute Gasteiger partial charge is 0.222 e. The Morgan fingerprint density at radius 2 is 1.94 bits per heavy atom. The van der Waals surface area contributed by atoms with Gasteiger partial charge in [-0.15, -0.1) is 0 Å². The van der Waals surface area contributed by atoms with E-state index in [4.69, 9.17) is 9.47 Å². The summed E-state index contributed by atoms with van der Waals surface area (Å²) >= 11 is 0. The number of pyridine rings is 1. The van der Waals surface area contributed by atoms with Crippen molar-refractivity contribution in [2.45, 2.75) is 68.8 Å². The number of nitrogens with zero attached hydrogens (tertiary/aromatic N) is 1. The first kappa shape index (κ1) is 20.6. The summed E-state index contributed by atoms with van der Waals surface area (Å²) in [5.41, 5.74) is 3.76. The monoisotopic (exact) mass is 423 g/mol. The number of hydrogen-bond donors (Lipinski definition) is 3. The second kappa shape index (κ2) is 9.04. The van der Waals surface area contributed by atoms with Crippen molar-refractivity contribution in [3.63, 3.8) is 0 Å². The lowest BCUT2D eigenvalue weighted by atomic mass is 10.1. The summed E-state index contributed by atoms with van der Waals surface area (Å²) in [4.78, 5) is 16.3. The standard InChI is InChI=1S/C24H29N3O4/c28-22(27-13-15-4-3-7-25-12-15)11-19-10-20-24(30-19)23(29)21(31-20)14-26-18-8-16-5-1-2-6-17(16)9-18/h1-7,12,18-21,23-24,26,29H,8-11,13-14H2,(H,27,28). The Morgan fingerprint density at radius 3 is 2.65 bits per heavy atom. The van der Waals surface area contributed by atoms with Crippen LogP contribution in [0.3, 0.4) is 0 Å². The largest absolute Gasteiger partial charge is 0.388 e. The van der Waals surface area contributed by atoms with Crippen molar-refractivity contribution in [3.8, 4) is 0 Å². The molecule has 1 aromatic heterocycles. The molecule has 5 atom stereocenters. The third kappa shape index (κ3) is 4.65. The molecule has 1 aromatic carbocycles. The number of ether oxygens (including phenoxy) is 2. The SMILES string of the molecule is O=C(CC1CC2OC(CNC3Cc4ccccc4C3)C(O)C2O1)NCc1cccnc1. The van der Waals surface area contributed by atoms with E-state index in [0.29, 0.717) is 25.6 Å². The van der Waals surface area contributed by atoms with Crippen LogP contribution in [0.15, 0.2) is 48.8 Å². The number of carbonyl (C=O) groups excluding carboxylic acids is 1. The molecule has 3 aliphatic rings. The molecular weight excluding hydrogens is 394 g/mol. The van der Waals surface area contributed by atoms with E-state index >= 15 is 0 Å². The molecule has 3 heterocycles. The van der Waals surface area contributed by atoms with Crippen LogP contribution < -0.4 is 10.6 Å². The summed E-state index contributed by atoms with van der Waals surface area (Å²) in [6, 6.07) is 12.7. The predicted molar refractivity (Wildman–Crippen MR) is 114 cm³/mol. The molecule has 0 spiro atoms. The summed E-state index contributed by atoms with van der Waals surface area (Å²) in [6.45, 7) is 1.05. The van der Waals surface area contributed by atoms with Crippen LogP contribution in [0.4, 0.5) is 0 Å². The van der Waals surface area contributed by atoms with E-state index in [9.17, 15) is 9.90 Å². The maximum atomic E-state index is 12.3. The Labute approximate surface area is 182 Å². The van der Waals surface area contributed by atoms with Gasteiger partial charge in [0.25, 0.3) is 0 Å². The number of carbonyl (C=O) groups is 1. The quantitative estimate of drug-likeness (QED) is 0.618. The Hall–Kier alpha value is -2.32. The summed E-state index contributed by atoms with van der Waals surface area (Å²) in [5, 5.41) is 17.2. The molecular formula is C24H29N3O4. The lowest BCUT2D eigenvalue weighted by molar-refractivity contribution is -0.124. The zero-order valence-electron chi connectivity index (χ0n) is 17.4. The number of aliphatic hydroxyl groups is 1. The van der Waals surface area contributed by atoms with Crippen LogP contribution in [-0.4, -0.2) is 59.1 Å². The zero-order chi connectivity index (χ0) is 21.2. The van der Waals surface area contributed by atoms with Crippen molar-refractivity contribution in [1.82, 2.24) is 15.6 Å². The molecule has 3 N–H and O–H groups in total. The van der Waals surface area contributed by atoms with Gasteiger partial charge in [0.15, 0.2) is 0 Å². The number of benzene rings is 1. The van der Waals surface area contributed by atoms with Crippen molar-refractivity contribution in [1.29, 1.82) is 0 Å².